The van der Waals surface area contributed by atoms with Gasteiger partial charge in [0.1, 0.15) is 0 Å². The van der Waals surface area contributed by atoms with Gasteiger partial charge in [-0.15, -0.1) is 0 Å². The Labute approximate surface area is 135 Å². The average Bonchev–Trinajstić information content (AvgIpc) is 2.48. The molecule has 0 bridgehead atoms. The largest absolute Gasteiger partial charge is 0.214 e. The van der Waals surface area contributed by atoms with E-state index in [1.807, 2.05) is 0 Å². The van der Waals surface area contributed by atoms with Gasteiger partial charge in [-0.05, 0) is 66.4 Å². The van der Waals surface area contributed by atoms with Gasteiger partial charge in [0.25, 0.3) is 0 Å². The molecular weight excluding hydrogens is 272 g/mol. The van der Waals surface area contributed by atoms with E-state index in [1.165, 1.54) is 55.8 Å². The number of hydrogen-bond acceptors (Lipinski definition) is 0. The van der Waals surface area contributed by atoms with Gasteiger partial charge in [-0.2, -0.15) is 0 Å². The van der Waals surface area contributed by atoms with Gasteiger partial charge in [0.2, 0.25) is 0 Å². The van der Waals surface area contributed by atoms with Crippen molar-refractivity contribution in [2.45, 2.75) is 78.0 Å². The minimum Gasteiger partial charge on any atom is -0.214 e. The van der Waals surface area contributed by atoms with E-state index in [9.17, 15) is 0 Å². The van der Waals surface area contributed by atoms with Crippen LogP contribution in [0.25, 0.3) is 0 Å². The van der Waals surface area contributed by atoms with Crippen LogP contribution in [0, 0.1) is 13.8 Å². The second-order valence-electron chi connectivity index (χ2n) is 6.44. The first-order chi connectivity index (χ1) is 10.1. The number of unbranched alkanes of at least 4 members (excludes halogenated alkanes) is 3. The first-order valence-corrected chi connectivity index (χ1v) is 11.1. The lowest BCUT2D eigenvalue weighted by molar-refractivity contribution is 0.843. The molecule has 1 aromatic carbocycles. The van der Waals surface area contributed by atoms with E-state index in [-0.39, 0.29) is 0 Å². The molecule has 0 aliphatic rings. The predicted molar refractivity (Wildman–Crippen MR) is 101 cm³/mol. The highest BCUT2D eigenvalue weighted by Gasteiger charge is 2.27. The van der Waals surface area contributed by atoms with Crippen molar-refractivity contribution in [2.75, 3.05) is 17.3 Å². The lowest BCUT2D eigenvalue weighted by atomic mass is 10.2. The first-order valence-electron chi connectivity index (χ1n) is 8.94. The zero-order valence-corrected chi connectivity index (χ0v) is 15.8. The average molecular weight is 309 g/mol. The van der Waals surface area contributed by atoms with Crippen molar-refractivity contribution >= 4 is 10.0 Å². The molecule has 0 spiro atoms. The van der Waals surface area contributed by atoms with Crippen LogP contribution in [0.2, 0.25) is 0 Å². The van der Waals surface area contributed by atoms with Crippen LogP contribution in [0.1, 0.15) is 70.4 Å². The maximum Gasteiger partial charge on any atom is -0.00402 e. The van der Waals surface area contributed by atoms with Gasteiger partial charge in [0.05, 0.1) is 0 Å². The first kappa shape index (κ1) is 18.6. The standard InChI is InChI=1S/C20H36S/c1-6-9-15-21(16-10-7-2,17-11-8-3)20-18(4)13-12-14-19(20)5/h12-14H,6-11,15-17H2,1-5H3. The molecule has 0 aliphatic carbocycles. The van der Waals surface area contributed by atoms with E-state index in [2.05, 4.69) is 52.8 Å². The van der Waals surface area contributed by atoms with Crippen molar-refractivity contribution in [3.8, 4) is 0 Å². The van der Waals surface area contributed by atoms with Crippen LogP contribution in [-0.4, -0.2) is 17.3 Å². The monoisotopic (exact) mass is 308 g/mol. The van der Waals surface area contributed by atoms with E-state index < -0.39 is 10.0 Å². The predicted octanol–water partition coefficient (Wildman–Crippen LogP) is 6.87. The Morgan fingerprint density at radius 3 is 1.43 bits per heavy atom. The summed E-state index contributed by atoms with van der Waals surface area (Å²) in [5, 5.41) is 0. The molecule has 21 heavy (non-hydrogen) atoms. The summed E-state index contributed by atoms with van der Waals surface area (Å²) >= 11 is 0. The van der Waals surface area contributed by atoms with Gasteiger partial charge in [0.15, 0.2) is 0 Å². The lowest BCUT2D eigenvalue weighted by Crippen LogP contribution is -2.17. The molecule has 1 heteroatoms. The smallest absolute Gasteiger partial charge is 0.00402 e. The summed E-state index contributed by atoms with van der Waals surface area (Å²) in [6.07, 6.45) is 8.19. The van der Waals surface area contributed by atoms with Crippen LogP contribution in [-0.2, 0) is 0 Å². The maximum atomic E-state index is 2.34. The summed E-state index contributed by atoms with van der Waals surface area (Å²) in [6.45, 7) is 11.7. The number of hydrogen-bond donors (Lipinski definition) is 0. The molecule has 0 aliphatic heterocycles. The quantitative estimate of drug-likeness (QED) is 0.442. The fourth-order valence-electron chi connectivity index (χ4n) is 3.36. The summed E-state index contributed by atoms with van der Waals surface area (Å²) in [4.78, 5) is 1.76. The fourth-order valence-corrected chi connectivity index (χ4v) is 8.61. The molecule has 0 atom stereocenters. The molecule has 1 rings (SSSR count). The molecule has 1 aromatic rings. The van der Waals surface area contributed by atoms with Crippen molar-refractivity contribution in [2.24, 2.45) is 0 Å². The lowest BCUT2D eigenvalue weighted by Gasteiger charge is -2.43. The third kappa shape index (κ3) is 5.06. The van der Waals surface area contributed by atoms with E-state index in [4.69, 9.17) is 0 Å². The van der Waals surface area contributed by atoms with E-state index in [1.54, 1.807) is 16.0 Å². The molecule has 0 amide bonds. The third-order valence-corrected chi connectivity index (χ3v) is 9.23. The van der Waals surface area contributed by atoms with E-state index in [0.717, 1.165) is 0 Å². The maximum absolute atomic E-state index is 2.34. The Morgan fingerprint density at radius 2 is 1.10 bits per heavy atom. The van der Waals surface area contributed by atoms with Crippen LogP contribution in [0.4, 0.5) is 0 Å². The summed E-state index contributed by atoms with van der Waals surface area (Å²) in [7, 11) is -0.623. The number of benzene rings is 1. The molecule has 0 N–H and O–H groups in total. The minimum atomic E-state index is -0.623. The molecule has 0 unspecified atom stereocenters. The molecule has 0 heterocycles. The summed E-state index contributed by atoms with van der Waals surface area (Å²) in [5.41, 5.74) is 3.10. The second-order valence-corrected chi connectivity index (χ2v) is 10.2. The van der Waals surface area contributed by atoms with Gasteiger partial charge >= 0.3 is 0 Å². The van der Waals surface area contributed by atoms with Gasteiger partial charge in [-0.25, -0.2) is 10.0 Å². The Kier molecular flexibility index (Phi) is 8.48. The minimum absolute atomic E-state index is 0.623. The highest BCUT2D eigenvalue weighted by Crippen LogP contribution is 2.59. The number of rotatable bonds is 10. The third-order valence-electron chi connectivity index (χ3n) is 4.51. The normalized spacial score (nSPS) is 12.6. The number of aryl methyl sites for hydroxylation is 2. The molecule has 122 valence electrons. The summed E-state index contributed by atoms with van der Waals surface area (Å²) in [5.74, 6) is 4.36. The Morgan fingerprint density at radius 1 is 0.714 bits per heavy atom. The van der Waals surface area contributed by atoms with Gasteiger partial charge < -0.3 is 0 Å². The second kappa shape index (κ2) is 9.56. The molecule has 0 nitrogen and oxygen atoms in total. The molecule has 0 radical (unpaired) electrons. The van der Waals surface area contributed by atoms with E-state index in [0.29, 0.717) is 0 Å². The fraction of sp³-hybridized carbons (Fsp3) is 0.700. The van der Waals surface area contributed by atoms with Crippen LogP contribution < -0.4 is 0 Å². The topological polar surface area (TPSA) is 0 Å². The molecule has 0 saturated heterocycles. The van der Waals surface area contributed by atoms with Crippen molar-refractivity contribution in [1.29, 1.82) is 0 Å². The molecule has 0 saturated carbocycles. The Balaban J connectivity index is 3.23. The summed E-state index contributed by atoms with van der Waals surface area (Å²) < 4.78 is 0. The van der Waals surface area contributed by atoms with Crippen LogP contribution in [0.15, 0.2) is 23.1 Å². The van der Waals surface area contributed by atoms with Crippen molar-refractivity contribution in [1.82, 2.24) is 0 Å². The van der Waals surface area contributed by atoms with Crippen LogP contribution in [0.5, 0.6) is 0 Å². The Bertz CT molecular complexity index is 366. The Hall–Kier alpha value is -0.430. The van der Waals surface area contributed by atoms with Gasteiger partial charge in [0, 0.05) is 0 Å². The van der Waals surface area contributed by atoms with Crippen molar-refractivity contribution in [3.63, 3.8) is 0 Å². The zero-order valence-electron chi connectivity index (χ0n) is 15.0. The van der Waals surface area contributed by atoms with Crippen molar-refractivity contribution in [3.05, 3.63) is 29.3 Å². The molecule has 0 fully saturated rings. The molecular formula is C20H36S. The highest BCUT2D eigenvalue weighted by molar-refractivity contribution is 8.33. The summed E-state index contributed by atoms with van der Waals surface area (Å²) in [6, 6.07) is 6.92. The van der Waals surface area contributed by atoms with Crippen LogP contribution in [0.3, 0.4) is 0 Å². The van der Waals surface area contributed by atoms with Gasteiger partial charge in [-0.1, -0.05) is 58.2 Å². The van der Waals surface area contributed by atoms with E-state index >= 15 is 0 Å². The van der Waals surface area contributed by atoms with Crippen molar-refractivity contribution < 1.29 is 0 Å². The molecule has 0 aromatic heterocycles. The highest BCUT2D eigenvalue weighted by atomic mass is 32.3. The van der Waals surface area contributed by atoms with Gasteiger partial charge in [-0.3, -0.25) is 0 Å². The zero-order chi connectivity index (χ0) is 15.7. The SMILES string of the molecule is CCCCS(CCCC)(CCCC)c1c(C)cccc1C. The van der Waals surface area contributed by atoms with Crippen LogP contribution >= 0.6 is 10.0 Å².